The Morgan fingerprint density at radius 1 is 1.06 bits per heavy atom. The van der Waals surface area contributed by atoms with Crippen molar-refractivity contribution < 1.29 is 24.3 Å². The van der Waals surface area contributed by atoms with E-state index in [1.54, 1.807) is 18.2 Å². The van der Waals surface area contributed by atoms with Gasteiger partial charge in [-0.2, -0.15) is 0 Å². The number of aliphatic carboxylic acids is 1. The Hall–Kier alpha value is -2.30. The van der Waals surface area contributed by atoms with E-state index in [0.29, 0.717) is 0 Å². The maximum absolute atomic E-state index is 11.8. The quantitative estimate of drug-likeness (QED) is 0.461. The fourth-order valence-corrected chi connectivity index (χ4v) is 1.38. The highest BCUT2D eigenvalue weighted by Crippen LogP contribution is 2.11. The van der Waals surface area contributed by atoms with E-state index in [1.807, 2.05) is 0 Å². The number of carboxylic acids is 1. The molecule has 0 aliphatic rings. The van der Waals surface area contributed by atoms with Gasteiger partial charge in [0, 0.05) is 5.56 Å². The van der Waals surface area contributed by atoms with Crippen molar-refractivity contribution in [1.29, 1.82) is 0 Å². The molecule has 0 saturated carbocycles. The topological polar surface area (TPSA) is 88.5 Å². The highest BCUT2D eigenvalue weighted by atomic mass is 16.4. The minimum absolute atomic E-state index is 0.141. The van der Waals surface area contributed by atoms with Crippen LogP contribution in [0.15, 0.2) is 30.3 Å². The van der Waals surface area contributed by atoms with Gasteiger partial charge < -0.3 is 5.11 Å². The van der Waals surface area contributed by atoms with Crippen LogP contribution < -0.4 is 0 Å². The molecule has 0 aliphatic heterocycles. The number of Topliss-reactive ketones (excluding diaryl/α,β-unsaturated/α-hetero) is 3. The summed E-state index contributed by atoms with van der Waals surface area (Å²) in [5.41, 5.74) is 0.141. The molecule has 0 aliphatic carbocycles. The van der Waals surface area contributed by atoms with Gasteiger partial charge in [-0.1, -0.05) is 30.3 Å². The Bertz CT molecular complexity index is 475. The Labute approximate surface area is 97.1 Å². The van der Waals surface area contributed by atoms with Crippen molar-refractivity contribution in [3.05, 3.63) is 35.9 Å². The van der Waals surface area contributed by atoms with Crippen LogP contribution in [0.5, 0.6) is 0 Å². The zero-order chi connectivity index (χ0) is 13.0. The van der Waals surface area contributed by atoms with Crippen LogP contribution in [0.4, 0.5) is 0 Å². The van der Waals surface area contributed by atoms with Crippen LogP contribution >= 0.6 is 0 Å². The fraction of sp³-hybridized carbons (Fsp3) is 0.167. The minimum Gasteiger partial charge on any atom is -0.475 e. The van der Waals surface area contributed by atoms with E-state index >= 15 is 0 Å². The molecule has 0 heterocycles. The third kappa shape index (κ3) is 2.84. The van der Waals surface area contributed by atoms with Crippen LogP contribution in [-0.2, 0) is 14.4 Å². The lowest BCUT2D eigenvalue weighted by Gasteiger charge is -2.08. The van der Waals surface area contributed by atoms with Gasteiger partial charge in [-0.25, -0.2) is 4.79 Å². The van der Waals surface area contributed by atoms with E-state index < -0.39 is 29.2 Å². The smallest absolute Gasteiger partial charge is 0.373 e. The molecule has 5 nitrogen and oxygen atoms in total. The minimum atomic E-state index is -1.78. The van der Waals surface area contributed by atoms with Gasteiger partial charge in [-0.05, 0) is 6.92 Å². The summed E-state index contributed by atoms with van der Waals surface area (Å²) in [5, 5.41) is 8.54. The standard InChI is InChI=1S/C12H10O5/c1-7(13)9(11(15)12(16)17)10(14)8-5-3-2-4-6-8/h2-6,9H,1H3,(H,16,17). The van der Waals surface area contributed by atoms with E-state index in [9.17, 15) is 19.2 Å². The van der Waals surface area contributed by atoms with Crippen LogP contribution in [0.1, 0.15) is 17.3 Å². The lowest BCUT2D eigenvalue weighted by Crippen LogP contribution is -2.35. The Morgan fingerprint density at radius 3 is 2.00 bits per heavy atom. The molecule has 0 radical (unpaired) electrons. The van der Waals surface area contributed by atoms with Crippen molar-refractivity contribution in [3.63, 3.8) is 0 Å². The highest BCUT2D eigenvalue weighted by molar-refractivity contribution is 6.44. The Kier molecular flexibility index (Phi) is 3.87. The van der Waals surface area contributed by atoms with Gasteiger partial charge in [-0.15, -0.1) is 0 Å². The first-order valence-electron chi connectivity index (χ1n) is 4.82. The molecule has 1 unspecified atom stereocenters. The number of hydrogen-bond acceptors (Lipinski definition) is 4. The van der Waals surface area contributed by atoms with Crippen molar-refractivity contribution in [2.75, 3.05) is 0 Å². The van der Waals surface area contributed by atoms with Gasteiger partial charge in [0.1, 0.15) is 5.78 Å². The van der Waals surface area contributed by atoms with E-state index in [1.165, 1.54) is 12.1 Å². The first-order valence-corrected chi connectivity index (χ1v) is 4.82. The van der Waals surface area contributed by atoms with Gasteiger partial charge in [-0.3, -0.25) is 14.4 Å². The average molecular weight is 234 g/mol. The molecule has 0 amide bonds. The molecule has 1 N–H and O–H groups in total. The van der Waals surface area contributed by atoms with Crippen molar-refractivity contribution in [3.8, 4) is 0 Å². The van der Waals surface area contributed by atoms with E-state index in [0.717, 1.165) is 6.92 Å². The first-order chi connectivity index (χ1) is 7.95. The zero-order valence-corrected chi connectivity index (χ0v) is 9.04. The molecular weight excluding hydrogens is 224 g/mol. The van der Waals surface area contributed by atoms with Gasteiger partial charge in [0.2, 0.25) is 0 Å². The predicted octanol–water partition coefficient (Wildman–Crippen LogP) is 0.728. The summed E-state index contributed by atoms with van der Waals surface area (Å²) in [6, 6.07) is 7.64. The number of carbonyl (C=O) groups excluding carboxylic acids is 3. The second kappa shape index (κ2) is 5.16. The predicted molar refractivity (Wildman–Crippen MR) is 57.6 cm³/mol. The SMILES string of the molecule is CC(=O)C(C(=O)C(=O)O)C(=O)c1ccccc1. The number of benzene rings is 1. The summed E-state index contributed by atoms with van der Waals surface area (Å²) in [6.07, 6.45) is 0. The molecule has 0 fully saturated rings. The van der Waals surface area contributed by atoms with Crippen LogP contribution in [-0.4, -0.2) is 28.4 Å². The average Bonchev–Trinajstić information content (AvgIpc) is 2.29. The molecule has 1 aromatic carbocycles. The molecule has 17 heavy (non-hydrogen) atoms. The van der Waals surface area contributed by atoms with E-state index in [4.69, 9.17) is 5.11 Å². The molecule has 5 heteroatoms. The molecule has 1 rings (SSSR count). The first kappa shape index (κ1) is 12.8. The summed E-state index contributed by atoms with van der Waals surface area (Å²) < 4.78 is 0. The van der Waals surface area contributed by atoms with Crippen molar-refractivity contribution in [2.24, 2.45) is 5.92 Å². The van der Waals surface area contributed by atoms with Gasteiger partial charge in [0.15, 0.2) is 11.7 Å². The Balaban J connectivity index is 3.10. The summed E-state index contributed by atoms with van der Waals surface area (Å²) in [7, 11) is 0. The molecular formula is C12H10O5. The monoisotopic (exact) mass is 234 g/mol. The molecule has 0 bridgehead atoms. The third-order valence-electron chi connectivity index (χ3n) is 2.20. The largest absolute Gasteiger partial charge is 0.475 e. The maximum atomic E-state index is 11.8. The summed E-state index contributed by atoms with van der Waals surface area (Å²) in [6.45, 7) is 1.02. The number of rotatable bonds is 5. The van der Waals surface area contributed by atoms with Gasteiger partial charge >= 0.3 is 5.97 Å². The van der Waals surface area contributed by atoms with Crippen LogP contribution in [0.25, 0.3) is 0 Å². The molecule has 0 saturated heterocycles. The number of ketones is 3. The zero-order valence-electron chi connectivity index (χ0n) is 9.04. The van der Waals surface area contributed by atoms with Crippen LogP contribution in [0.3, 0.4) is 0 Å². The highest BCUT2D eigenvalue weighted by Gasteiger charge is 2.35. The number of hydrogen-bond donors (Lipinski definition) is 1. The van der Waals surface area contributed by atoms with E-state index in [2.05, 4.69) is 0 Å². The summed E-state index contributed by atoms with van der Waals surface area (Å²) in [4.78, 5) is 44.8. The lowest BCUT2D eigenvalue weighted by atomic mass is 9.90. The normalized spacial score (nSPS) is 11.6. The second-order valence-corrected chi connectivity index (χ2v) is 3.44. The van der Waals surface area contributed by atoms with Crippen molar-refractivity contribution in [2.45, 2.75) is 6.92 Å². The second-order valence-electron chi connectivity index (χ2n) is 3.44. The van der Waals surface area contributed by atoms with Crippen molar-refractivity contribution >= 4 is 23.3 Å². The maximum Gasteiger partial charge on any atom is 0.373 e. The number of carboxylic acid groups (broad SMARTS) is 1. The summed E-state index contributed by atoms with van der Waals surface area (Å²) >= 11 is 0. The molecule has 1 aromatic rings. The van der Waals surface area contributed by atoms with Crippen LogP contribution in [0.2, 0.25) is 0 Å². The lowest BCUT2D eigenvalue weighted by molar-refractivity contribution is -0.151. The molecule has 0 spiro atoms. The number of carbonyl (C=O) groups is 4. The third-order valence-corrected chi connectivity index (χ3v) is 2.20. The molecule has 0 aromatic heterocycles. The van der Waals surface area contributed by atoms with E-state index in [-0.39, 0.29) is 5.56 Å². The molecule has 88 valence electrons. The van der Waals surface area contributed by atoms with Crippen LogP contribution in [0, 0.1) is 5.92 Å². The molecule has 1 atom stereocenters. The fourth-order valence-electron chi connectivity index (χ4n) is 1.38. The van der Waals surface area contributed by atoms with Crippen molar-refractivity contribution in [1.82, 2.24) is 0 Å². The summed E-state index contributed by atoms with van der Waals surface area (Å²) in [5.74, 6) is -6.49. The van der Waals surface area contributed by atoms with Gasteiger partial charge in [0.05, 0.1) is 0 Å². The Morgan fingerprint density at radius 2 is 1.59 bits per heavy atom. The van der Waals surface area contributed by atoms with Gasteiger partial charge in [0.25, 0.3) is 5.78 Å².